The number of amides is 3. The number of nitrogens with one attached hydrogen (secondary N) is 2. The number of aromatic amines is 1. The van der Waals surface area contributed by atoms with E-state index in [2.05, 4.69) is 37.7 Å². The molecule has 45 heavy (non-hydrogen) atoms. The zero-order chi connectivity index (χ0) is 31.0. The van der Waals surface area contributed by atoms with Crippen LogP contribution in [0, 0.1) is 11.8 Å². The van der Waals surface area contributed by atoms with E-state index in [1.54, 1.807) is 17.5 Å². The molecule has 12 heteroatoms. The Hall–Kier alpha value is -3.48. The summed E-state index contributed by atoms with van der Waals surface area (Å²) in [4.78, 5) is 48.3. The van der Waals surface area contributed by atoms with Gasteiger partial charge in [-0.25, -0.2) is 9.59 Å². The molecule has 4 aliphatic heterocycles. The Morgan fingerprint density at radius 1 is 1.09 bits per heavy atom. The average molecular weight is 634 g/mol. The molecule has 1 aromatic carbocycles. The zero-order valence-electron chi connectivity index (χ0n) is 26.0. The summed E-state index contributed by atoms with van der Waals surface area (Å²) in [6.45, 7) is 5.01. The number of aldehydes is 1. The van der Waals surface area contributed by atoms with Crippen LogP contribution in [0.25, 0.3) is 10.9 Å². The number of fused-ring (bicyclic) bond motifs is 2. The summed E-state index contributed by atoms with van der Waals surface area (Å²) < 4.78 is 5.97. The first-order valence-electron chi connectivity index (χ1n) is 16.3. The summed E-state index contributed by atoms with van der Waals surface area (Å²) in [6.07, 6.45) is 8.17. The molecule has 2 N–H and O–H groups in total. The predicted octanol–water partition coefficient (Wildman–Crippen LogP) is 5.11. The number of hydrogen-bond acceptors (Lipinski definition) is 8. The van der Waals surface area contributed by atoms with Gasteiger partial charge in [-0.05, 0) is 87.2 Å². The molecule has 6 heterocycles. The number of piperidine rings is 3. The van der Waals surface area contributed by atoms with E-state index >= 15 is 0 Å². The first-order chi connectivity index (χ1) is 21.9. The molecule has 3 fully saturated rings. The molecule has 7 rings (SSSR count). The maximum atomic E-state index is 14.0. The fourth-order valence-electron chi connectivity index (χ4n) is 8.24. The second kappa shape index (κ2) is 12.7. The number of rotatable bonds is 7. The molecular formula is C33H43N7O4S. The lowest BCUT2D eigenvalue weighted by Gasteiger charge is -2.57. The van der Waals surface area contributed by atoms with E-state index < -0.39 is 11.8 Å². The maximum absolute atomic E-state index is 14.0. The van der Waals surface area contributed by atoms with Crippen molar-refractivity contribution in [2.45, 2.75) is 69.8 Å². The molecular weight excluding hydrogens is 590 g/mol. The molecule has 0 unspecified atom stereocenters. The van der Waals surface area contributed by atoms with Gasteiger partial charge in [0.05, 0.1) is 23.9 Å². The van der Waals surface area contributed by atoms with Crippen LogP contribution in [0.1, 0.15) is 56.1 Å². The molecule has 4 aliphatic rings. The molecule has 0 radical (unpaired) electrons. The smallest absolute Gasteiger partial charge is 0.411 e. The second-order valence-corrected chi connectivity index (χ2v) is 14.1. The van der Waals surface area contributed by atoms with Crippen LogP contribution < -0.4 is 5.32 Å². The lowest BCUT2D eigenvalue weighted by molar-refractivity contribution is -0.129. The van der Waals surface area contributed by atoms with Crippen LogP contribution in [0.15, 0.2) is 35.2 Å². The van der Waals surface area contributed by atoms with Gasteiger partial charge in [0.2, 0.25) is 0 Å². The van der Waals surface area contributed by atoms with E-state index in [9.17, 15) is 14.4 Å². The minimum Gasteiger partial charge on any atom is -0.445 e. The number of urea groups is 1. The topological polar surface area (TPSA) is 114 Å². The van der Waals surface area contributed by atoms with Gasteiger partial charge in [-0.1, -0.05) is 6.07 Å². The second-order valence-electron chi connectivity index (χ2n) is 13.3. The van der Waals surface area contributed by atoms with E-state index in [0.29, 0.717) is 31.8 Å². The molecule has 11 nitrogen and oxygen atoms in total. The van der Waals surface area contributed by atoms with Crippen molar-refractivity contribution in [1.82, 2.24) is 29.8 Å². The van der Waals surface area contributed by atoms with Gasteiger partial charge in [0.15, 0.2) is 0 Å². The third kappa shape index (κ3) is 5.95. The molecule has 0 bridgehead atoms. The number of likely N-dealkylation sites (tertiary alicyclic amines) is 3. The monoisotopic (exact) mass is 633 g/mol. The highest BCUT2D eigenvalue weighted by Crippen LogP contribution is 2.42. The van der Waals surface area contributed by atoms with Gasteiger partial charge in [-0.2, -0.15) is 5.10 Å². The van der Waals surface area contributed by atoms with Crippen LogP contribution in [-0.2, 0) is 22.7 Å². The van der Waals surface area contributed by atoms with Gasteiger partial charge in [-0.3, -0.25) is 14.9 Å². The van der Waals surface area contributed by atoms with Crippen LogP contribution in [0.2, 0.25) is 0 Å². The summed E-state index contributed by atoms with van der Waals surface area (Å²) in [6, 6.07) is 5.61. The van der Waals surface area contributed by atoms with Gasteiger partial charge in [0.1, 0.15) is 18.6 Å². The number of anilines is 1. The van der Waals surface area contributed by atoms with Gasteiger partial charge in [0, 0.05) is 54.8 Å². The van der Waals surface area contributed by atoms with Crippen molar-refractivity contribution in [3.05, 3.63) is 46.3 Å². The number of thiophene rings is 1. The number of benzene rings is 1. The van der Waals surface area contributed by atoms with Crippen molar-refractivity contribution >= 4 is 46.3 Å². The van der Waals surface area contributed by atoms with Crippen LogP contribution in [0.3, 0.4) is 0 Å². The standard InChI is InChI=1S/C33H43N7O4S/c1-37-10-4-24(5-11-37)25-6-12-38(13-7-25)33(9-15-41)17-28(39-19-27-21-45-22-30(27)35-31(39)42)8-14-40(33)32(43)44-20-23-2-3-29-26(16-23)18-34-36-29/h2-3,15-16,18,21-22,24-25,28H,4-14,17,19-20H2,1H3,(H,34,36)(H,35,42)/t28-,33+/m1/s1. The van der Waals surface area contributed by atoms with Crippen LogP contribution in [-0.4, -0.2) is 99.7 Å². The largest absolute Gasteiger partial charge is 0.445 e. The highest BCUT2D eigenvalue weighted by atomic mass is 32.1. The molecule has 2 aromatic heterocycles. The Balaban J connectivity index is 1.12. The minimum atomic E-state index is -0.858. The Labute approximate surface area is 267 Å². The third-order valence-corrected chi connectivity index (χ3v) is 11.6. The van der Waals surface area contributed by atoms with Crippen molar-refractivity contribution < 1.29 is 19.1 Å². The number of nitrogens with zero attached hydrogens (tertiary/aromatic N) is 5. The molecule has 3 saturated heterocycles. The SMILES string of the molecule is CN1CCC(C2CCN([C@]3(CC=O)C[C@H](N4Cc5cscc5NC4=O)CCN3C(=O)OCc3ccc4[nH]ncc4c3)CC2)CC1. The molecule has 3 aromatic rings. The number of ether oxygens (including phenoxy) is 1. The molecule has 3 amide bonds. The van der Waals surface area contributed by atoms with Crippen molar-refractivity contribution in [2.75, 3.05) is 45.1 Å². The quantitative estimate of drug-likeness (QED) is 0.348. The lowest BCUT2D eigenvalue weighted by atomic mass is 9.77. The van der Waals surface area contributed by atoms with Gasteiger partial charge in [-0.15, -0.1) is 11.3 Å². The van der Waals surface area contributed by atoms with Crippen LogP contribution in [0.5, 0.6) is 0 Å². The summed E-state index contributed by atoms with van der Waals surface area (Å²) in [5.74, 6) is 1.39. The Morgan fingerprint density at radius 2 is 1.87 bits per heavy atom. The number of carbonyl (C=O) groups excluding carboxylic acids is 3. The van der Waals surface area contributed by atoms with E-state index in [1.807, 2.05) is 33.4 Å². The molecule has 2 atom stereocenters. The minimum absolute atomic E-state index is 0.113. The number of H-pyrrole nitrogens is 1. The van der Waals surface area contributed by atoms with Crippen molar-refractivity contribution in [2.24, 2.45) is 11.8 Å². The van der Waals surface area contributed by atoms with Crippen molar-refractivity contribution in [1.29, 1.82) is 0 Å². The zero-order valence-corrected chi connectivity index (χ0v) is 26.8. The van der Waals surface area contributed by atoms with E-state index in [-0.39, 0.29) is 25.1 Å². The molecule has 240 valence electrons. The summed E-state index contributed by atoms with van der Waals surface area (Å²) in [7, 11) is 2.20. The first-order valence-corrected chi connectivity index (χ1v) is 17.2. The lowest BCUT2D eigenvalue weighted by Crippen LogP contribution is -2.69. The predicted molar refractivity (Wildman–Crippen MR) is 173 cm³/mol. The fourth-order valence-corrected chi connectivity index (χ4v) is 9.02. The molecule has 0 saturated carbocycles. The molecule has 0 aliphatic carbocycles. The van der Waals surface area contributed by atoms with Gasteiger partial charge >= 0.3 is 12.1 Å². The Kier molecular flexibility index (Phi) is 8.54. The average Bonchev–Trinajstić information content (AvgIpc) is 3.73. The summed E-state index contributed by atoms with van der Waals surface area (Å²) in [5.41, 5.74) is 2.94. The normalized spacial score (nSPS) is 25.7. The Bertz CT molecular complexity index is 1530. The van der Waals surface area contributed by atoms with E-state index in [1.165, 1.54) is 12.8 Å². The third-order valence-electron chi connectivity index (χ3n) is 10.8. The number of hydrogen-bond donors (Lipinski definition) is 2. The maximum Gasteiger partial charge on any atom is 0.411 e. The van der Waals surface area contributed by atoms with Crippen LogP contribution >= 0.6 is 11.3 Å². The number of aromatic nitrogens is 2. The van der Waals surface area contributed by atoms with E-state index in [4.69, 9.17) is 4.74 Å². The highest BCUT2D eigenvalue weighted by molar-refractivity contribution is 7.08. The highest BCUT2D eigenvalue weighted by Gasteiger charge is 2.52. The molecule has 0 spiro atoms. The fraction of sp³-hybridized carbons (Fsp3) is 0.576. The number of carbonyl (C=O) groups is 3. The van der Waals surface area contributed by atoms with Crippen molar-refractivity contribution in [3.63, 3.8) is 0 Å². The van der Waals surface area contributed by atoms with Gasteiger partial charge < -0.3 is 24.6 Å². The Morgan fingerprint density at radius 3 is 2.64 bits per heavy atom. The van der Waals surface area contributed by atoms with E-state index in [0.717, 1.165) is 78.9 Å². The summed E-state index contributed by atoms with van der Waals surface area (Å²) in [5, 5.41) is 15.1. The first kappa shape index (κ1) is 30.2. The van der Waals surface area contributed by atoms with Crippen molar-refractivity contribution in [3.8, 4) is 0 Å². The van der Waals surface area contributed by atoms with Gasteiger partial charge in [0.25, 0.3) is 0 Å². The van der Waals surface area contributed by atoms with Crippen LogP contribution in [0.4, 0.5) is 15.3 Å². The summed E-state index contributed by atoms with van der Waals surface area (Å²) >= 11 is 1.58.